The number of carbonyl (C=O) groups excluding carboxylic acids is 2. The van der Waals surface area contributed by atoms with Crippen molar-refractivity contribution in [2.45, 2.75) is 0 Å². The molecule has 3 aromatic rings. The van der Waals surface area contributed by atoms with E-state index < -0.39 is 11.9 Å². The molecule has 0 unspecified atom stereocenters. The van der Waals surface area contributed by atoms with Crippen LogP contribution >= 0.6 is 23.2 Å². The molecule has 2 N–H and O–H groups in total. The minimum absolute atomic E-state index is 0.0361. The molecule has 3 amide bonds. The molecule has 0 aliphatic rings. The number of urea groups is 1. The monoisotopic (exact) mass is 415 g/mol. The SMILES string of the molecule is COc1ccc(-c2ccc(NC(=O)NC(=O)c3c(Cl)cccc3Cl)cn2)cc1. The highest BCUT2D eigenvalue weighted by atomic mass is 35.5. The second-order valence-corrected chi connectivity index (χ2v) is 6.48. The molecule has 0 aliphatic carbocycles. The second kappa shape index (κ2) is 8.73. The van der Waals surface area contributed by atoms with Gasteiger partial charge in [-0.15, -0.1) is 0 Å². The van der Waals surface area contributed by atoms with Gasteiger partial charge in [0.25, 0.3) is 5.91 Å². The third-order valence-electron chi connectivity index (χ3n) is 3.82. The van der Waals surface area contributed by atoms with Crippen LogP contribution in [0.1, 0.15) is 10.4 Å². The maximum absolute atomic E-state index is 12.2. The van der Waals surface area contributed by atoms with Gasteiger partial charge in [0.2, 0.25) is 0 Å². The molecule has 1 heterocycles. The number of nitrogens with zero attached hydrogens (tertiary/aromatic N) is 1. The maximum Gasteiger partial charge on any atom is 0.326 e. The van der Waals surface area contributed by atoms with Crippen LogP contribution in [0.3, 0.4) is 0 Å². The average molecular weight is 416 g/mol. The number of benzene rings is 2. The van der Waals surface area contributed by atoms with Crippen molar-refractivity contribution in [2.75, 3.05) is 12.4 Å². The number of hydrogen-bond donors (Lipinski definition) is 2. The van der Waals surface area contributed by atoms with E-state index in [0.29, 0.717) is 5.69 Å². The average Bonchev–Trinajstić information content (AvgIpc) is 2.68. The number of methoxy groups -OCH3 is 1. The highest BCUT2D eigenvalue weighted by Gasteiger charge is 2.17. The Hall–Kier alpha value is -3.09. The minimum atomic E-state index is -0.722. The van der Waals surface area contributed by atoms with Crippen LogP contribution in [0.5, 0.6) is 5.75 Å². The van der Waals surface area contributed by atoms with Crippen molar-refractivity contribution in [3.63, 3.8) is 0 Å². The van der Waals surface area contributed by atoms with E-state index in [0.717, 1.165) is 17.0 Å². The number of anilines is 1. The number of pyridine rings is 1. The second-order valence-electron chi connectivity index (χ2n) is 5.67. The molecule has 0 saturated carbocycles. The fourth-order valence-corrected chi connectivity index (χ4v) is 3.01. The van der Waals surface area contributed by atoms with E-state index in [1.165, 1.54) is 18.3 Å². The molecule has 142 valence electrons. The topological polar surface area (TPSA) is 80.3 Å². The van der Waals surface area contributed by atoms with E-state index in [-0.39, 0.29) is 15.6 Å². The molecule has 0 atom stereocenters. The Kier molecular flexibility index (Phi) is 6.13. The van der Waals surface area contributed by atoms with Crippen LogP contribution in [-0.2, 0) is 0 Å². The van der Waals surface area contributed by atoms with Gasteiger partial charge in [-0.3, -0.25) is 15.1 Å². The van der Waals surface area contributed by atoms with E-state index in [9.17, 15) is 9.59 Å². The summed E-state index contributed by atoms with van der Waals surface area (Å²) in [6, 6.07) is 14.8. The normalized spacial score (nSPS) is 10.2. The predicted octanol–water partition coefficient (Wildman–Crippen LogP) is 5.03. The zero-order valence-corrected chi connectivity index (χ0v) is 16.2. The smallest absolute Gasteiger partial charge is 0.326 e. The van der Waals surface area contributed by atoms with Gasteiger partial charge in [0.1, 0.15) is 5.75 Å². The van der Waals surface area contributed by atoms with E-state index in [1.54, 1.807) is 25.3 Å². The Morgan fingerprint density at radius 2 is 1.64 bits per heavy atom. The standard InChI is InChI=1S/C20H15Cl2N3O3/c1-28-14-8-5-12(6-9-14)17-10-7-13(11-23-17)24-20(27)25-19(26)18-15(21)3-2-4-16(18)22/h2-11H,1H3,(H2,24,25,26,27). The van der Waals surface area contributed by atoms with Crippen LogP contribution < -0.4 is 15.4 Å². The van der Waals surface area contributed by atoms with E-state index in [2.05, 4.69) is 15.6 Å². The van der Waals surface area contributed by atoms with Crippen LogP contribution in [-0.4, -0.2) is 24.0 Å². The summed E-state index contributed by atoms with van der Waals surface area (Å²) in [4.78, 5) is 28.6. The highest BCUT2D eigenvalue weighted by Crippen LogP contribution is 2.24. The first-order valence-electron chi connectivity index (χ1n) is 8.15. The lowest BCUT2D eigenvalue weighted by Gasteiger charge is -2.09. The van der Waals surface area contributed by atoms with Crippen molar-refractivity contribution in [1.29, 1.82) is 0 Å². The molecular formula is C20H15Cl2N3O3. The van der Waals surface area contributed by atoms with Gasteiger partial charge < -0.3 is 10.1 Å². The van der Waals surface area contributed by atoms with Crippen LogP contribution in [0.15, 0.2) is 60.8 Å². The molecule has 0 fully saturated rings. The van der Waals surface area contributed by atoms with Gasteiger partial charge in [-0.1, -0.05) is 29.3 Å². The molecule has 28 heavy (non-hydrogen) atoms. The van der Waals surface area contributed by atoms with E-state index in [1.807, 2.05) is 24.3 Å². The number of carbonyl (C=O) groups is 2. The molecule has 8 heteroatoms. The number of nitrogens with one attached hydrogen (secondary N) is 2. The molecule has 1 aromatic heterocycles. The summed E-state index contributed by atoms with van der Waals surface area (Å²) in [5.41, 5.74) is 2.09. The van der Waals surface area contributed by atoms with Crippen molar-refractivity contribution < 1.29 is 14.3 Å². The fourth-order valence-electron chi connectivity index (χ4n) is 2.44. The number of amides is 3. The van der Waals surface area contributed by atoms with Crippen molar-refractivity contribution >= 4 is 40.8 Å². The zero-order chi connectivity index (χ0) is 20.1. The van der Waals surface area contributed by atoms with E-state index in [4.69, 9.17) is 27.9 Å². The first kappa shape index (κ1) is 19.7. The first-order valence-corrected chi connectivity index (χ1v) is 8.90. The van der Waals surface area contributed by atoms with Gasteiger partial charge in [-0.25, -0.2) is 4.79 Å². The summed E-state index contributed by atoms with van der Waals surface area (Å²) >= 11 is 11.9. The molecular weight excluding hydrogens is 401 g/mol. The predicted molar refractivity (Wildman–Crippen MR) is 109 cm³/mol. The van der Waals surface area contributed by atoms with Gasteiger partial charge in [0.15, 0.2) is 0 Å². The Morgan fingerprint density at radius 3 is 2.21 bits per heavy atom. The highest BCUT2D eigenvalue weighted by molar-refractivity contribution is 6.40. The van der Waals surface area contributed by atoms with Crippen molar-refractivity contribution in [3.05, 3.63) is 76.4 Å². The molecule has 0 saturated heterocycles. The Morgan fingerprint density at radius 1 is 0.964 bits per heavy atom. The quantitative estimate of drug-likeness (QED) is 0.626. The summed E-state index contributed by atoms with van der Waals surface area (Å²) in [5, 5.41) is 5.04. The zero-order valence-electron chi connectivity index (χ0n) is 14.7. The van der Waals surface area contributed by atoms with E-state index >= 15 is 0 Å². The van der Waals surface area contributed by atoms with Crippen LogP contribution in [0, 0.1) is 0 Å². The number of halogens is 2. The molecule has 0 spiro atoms. The summed E-state index contributed by atoms with van der Waals surface area (Å²) in [5.74, 6) is 0.0536. The molecule has 2 aromatic carbocycles. The van der Waals surface area contributed by atoms with Gasteiger partial charge in [0.05, 0.1) is 40.3 Å². The third-order valence-corrected chi connectivity index (χ3v) is 4.45. The lowest BCUT2D eigenvalue weighted by Crippen LogP contribution is -2.34. The molecule has 0 radical (unpaired) electrons. The van der Waals surface area contributed by atoms with Gasteiger partial charge in [-0.2, -0.15) is 0 Å². The number of ether oxygens (including phenoxy) is 1. The number of imide groups is 1. The number of aromatic nitrogens is 1. The summed E-state index contributed by atoms with van der Waals surface area (Å²) in [6.45, 7) is 0. The summed E-state index contributed by atoms with van der Waals surface area (Å²) in [6.07, 6.45) is 1.49. The van der Waals surface area contributed by atoms with Crippen molar-refractivity contribution in [2.24, 2.45) is 0 Å². The molecule has 3 rings (SSSR count). The summed E-state index contributed by atoms with van der Waals surface area (Å²) < 4.78 is 5.13. The Bertz CT molecular complexity index is 986. The Balaban J connectivity index is 1.65. The lowest BCUT2D eigenvalue weighted by atomic mass is 10.1. The van der Waals surface area contributed by atoms with Crippen LogP contribution in [0.2, 0.25) is 10.0 Å². The molecule has 6 nitrogen and oxygen atoms in total. The molecule has 0 aliphatic heterocycles. The minimum Gasteiger partial charge on any atom is -0.497 e. The van der Waals surface area contributed by atoms with Crippen molar-refractivity contribution in [1.82, 2.24) is 10.3 Å². The third kappa shape index (κ3) is 4.60. The largest absolute Gasteiger partial charge is 0.497 e. The van der Waals surface area contributed by atoms with Crippen molar-refractivity contribution in [3.8, 4) is 17.0 Å². The number of hydrogen-bond acceptors (Lipinski definition) is 4. The van der Waals surface area contributed by atoms with Crippen LogP contribution in [0.25, 0.3) is 11.3 Å². The van der Waals surface area contributed by atoms with Crippen LogP contribution in [0.4, 0.5) is 10.5 Å². The summed E-state index contributed by atoms with van der Waals surface area (Å²) in [7, 11) is 1.60. The fraction of sp³-hybridized carbons (Fsp3) is 0.0500. The Labute approximate surface area is 171 Å². The molecule has 0 bridgehead atoms. The number of rotatable bonds is 4. The maximum atomic E-state index is 12.2. The van der Waals surface area contributed by atoms with Gasteiger partial charge in [0, 0.05) is 5.56 Å². The first-order chi connectivity index (χ1) is 13.5. The van der Waals surface area contributed by atoms with Gasteiger partial charge >= 0.3 is 6.03 Å². The lowest BCUT2D eigenvalue weighted by molar-refractivity contribution is 0.0967. The van der Waals surface area contributed by atoms with Gasteiger partial charge in [-0.05, 0) is 48.5 Å².